The SMILES string of the molecule is CCOC(=O)/C=C(/Nc1ccc2nncn2n1)C(=O)OCC. The van der Waals surface area contributed by atoms with E-state index in [9.17, 15) is 9.59 Å². The normalized spacial score (nSPS) is 11.3. The number of ether oxygens (including phenoxy) is 2. The Balaban J connectivity index is 2.24. The Morgan fingerprint density at radius 3 is 2.77 bits per heavy atom. The molecule has 2 heterocycles. The molecule has 2 rings (SSSR count). The van der Waals surface area contributed by atoms with Crippen molar-refractivity contribution in [1.82, 2.24) is 19.8 Å². The summed E-state index contributed by atoms with van der Waals surface area (Å²) in [6, 6.07) is 3.26. The summed E-state index contributed by atoms with van der Waals surface area (Å²) < 4.78 is 11.1. The van der Waals surface area contributed by atoms with Gasteiger partial charge in [-0.3, -0.25) is 0 Å². The topological polar surface area (TPSA) is 108 Å². The Hall–Kier alpha value is -2.97. The van der Waals surface area contributed by atoms with Crippen LogP contribution in [0.1, 0.15) is 13.8 Å². The predicted molar refractivity (Wildman–Crippen MR) is 75.8 cm³/mol. The zero-order valence-electron chi connectivity index (χ0n) is 12.1. The predicted octanol–water partition coefficient (Wildman–Crippen LogP) is 0.546. The molecule has 0 saturated heterocycles. The second kappa shape index (κ2) is 7.16. The van der Waals surface area contributed by atoms with Gasteiger partial charge in [0.25, 0.3) is 0 Å². The highest BCUT2D eigenvalue weighted by atomic mass is 16.5. The summed E-state index contributed by atoms with van der Waals surface area (Å²) in [6.45, 7) is 3.72. The lowest BCUT2D eigenvalue weighted by Gasteiger charge is -2.09. The molecule has 0 atom stereocenters. The minimum atomic E-state index is -0.679. The third kappa shape index (κ3) is 3.78. The first-order chi connectivity index (χ1) is 10.6. The molecule has 1 N–H and O–H groups in total. The van der Waals surface area contributed by atoms with E-state index in [2.05, 4.69) is 20.6 Å². The number of aromatic nitrogens is 4. The zero-order valence-corrected chi connectivity index (χ0v) is 12.1. The van der Waals surface area contributed by atoms with Crippen molar-refractivity contribution < 1.29 is 19.1 Å². The van der Waals surface area contributed by atoms with E-state index in [1.165, 1.54) is 10.8 Å². The standard InChI is InChI=1S/C13H15N5O4/c1-3-21-12(19)7-9(13(20)22-4-2)15-10-5-6-11-16-14-8-18(11)17-10/h5-8H,3-4H2,1-2H3,(H,15,17)/b9-7+. The number of nitrogens with one attached hydrogen (secondary N) is 1. The van der Waals surface area contributed by atoms with Gasteiger partial charge in [0.2, 0.25) is 0 Å². The number of carbonyl (C=O) groups is 2. The highest BCUT2D eigenvalue weighted by Gasteiger charge is 2.14. The minimum Gasteiger partial charge on any atom is -0.463 e. The molecule has 0 aromatic carbocycles. The molecule has 9 heteroatoms. The van der Waals surface area contributed by atoms with Gasteiger partial charge in [-0.1, -0.05) is 0 Å². The number of anilines is 1. The van der Waals surface area contributed by atoms with Gasteiger partial charge in [0.1, 0.15) is 12.0 Å². The van der Waals surface area contributed by atoms with Crippen LogP contribution in [0, 0.1) is 0 Å². The van der Waals surface area contributed by atoms with Gasteiger partial charge in [0, 0.05) is 0 Å². The highest BCUT2D eigenvalue weighted by Crippen LogP contribution is 2.09. The van der Waals surface area contributed by atoms with Crippen molar-refractivity contribution in [2.24, 2.45) is 0 Å². The van der Waals surface area contributed by atoms with E-state index >= 15 is 0 Å². The summed E-state index contributed by atoms with van der Waals surface area (Å²) >= 11 is 0. The van der Waals surface area contributed by atoms with Gasteiger partial charge in [0.05, 0.1) is 19.3 Å². The summed E-state index contributed by atoms with van der Waals surface area (Å²) in [4.78, 5) is 23.4. The van der Waals surface area contributed by atoms with Crippen LogP contribution in [0.25, 0.3) is 5.65 Å². The van der Waals surface area contributed by atoms with Crippen LogP contribution >= 0.6 is 0 Å². The van der Waals surface area contributed by atoms with Crippen LogP contribution in [-0.4, -0.2) is 45.0 Å². The lowest BCUT2D eigenvalue weighted by molar-refractivity contribution is -0.140. The first kappa shape index (κ1) is 15.4. The van der Waals surface area contributed by atoms with Gasteiger partial charge in [-0.25, -0.2) is 9.59 Å². The molecule has 0 bridgehead atoms. The molecule has 0 saturated carbocycles. The van der Waals surface area contributed by atoms with Gasteiger partial charge in [-0.05, 0) is 26.0 Å². The Kier molecular flexibility index (Phi) is 5.02. The molecule has 0 spiro atoms. The molecule has 0 aliphatic heterocycles. The van der Waals surface area contributed by atoms with Crippen LogP contribution in [0.15, 0.2) is 30.2 Å². The molecular formula is C13H15N5O4. The lowest BCUT2D eigenvalue weighted by Crippen LogP contribution is -2.18. The maximum absolute atomic E-state index is 11.9. The fourth-order valence-electron chi connectivity index (χ4n) is 1.59. The number of hydrogen-bond acceptors (Lipinski definition) is 8. The fourth-order valence-corrected chi connectivity index (χ4v) is 1.59. The number of hydrogen-bond donors (Lipinski definition) is 1. The lowest BCUT2D eigenvalue weighted by atomic mass is 10.3. The molecule has 0 fully saturated rings. The summed E-state index contributed by atoms with van der Waals surface area (Å²) in [7, 11) is 0. The first-order valence-electron chi connectivity index (χ1n) is 6.63. The molecule has 22 heavy (non-hydrogen) atoms. The third-order valence-corrected chi connectivity index (χ3v) is 2.47. The second-order valence-corrected chi connectivity index (χ2v) is 4.01. The zero-order chi connectivity index (χ0) is 15.9. The van der Waals surface area contributed by atoms with Gasteiger partial charge < -0.3 is 14.8 Å². The Bertz CT molecular complexity index is 709. The van der Waals surface area contributed by atoms with Crippen molar-refractivity contribution in [2.75, 3.05) is 18.5 Å². The monoisotopic (exact) mass is 305 g/mol. The summed E-state index contributed by atoms with van der Waals surface area (Å²) in [6.07, 6.45) is 2.44. The number of carbonyl (C=O) groups excluding carboxylic acids is 2. The van der Waals surface area contributed by atoms with E-state index in [-0.39, 0.29) is 18.9 Å². The van der Waals surface area contributed by atoms with E-state index in [0.717, 1.165) is 6.08 Å². The van der Waals surface area contributed by atoms with Crippen LogP contribution in [0.3, 0.4) is 0 Å². The third-order valence-electron chi connectivity index (χ3n) is 2.47. The molecule has 0 amide bonds. The summed E-state index contributed by atoms with van der Waals surface area (Å²) in [5, 5.41) is 14.4. The first-order valence-corrected chi connectivity index (χ1v) is 6.63. The van der Waals surface area contributed by atoms with Crippen LogP contribution in [0.4, 0.5) is 5.82 Å². The summed E-state index contributed by atoms with van der Waals surface area (Å²) in [5.74, 6) is -1.000. The molecular weight excluding hydrogens is 290 g/mol. The van der Waals surface area contributed by atoms with Gasteiger partial charge in [-0.15, -0.1) is 15.3 Å². The quantitative estimate of drug-likeness (QED) is 0.609. The van der Waals surface area contributed by atoms with E-state index < -0.39 is 11.9 Å². The van der Waals surface area contributed by atoms with Crippen molar-refractivity contribution in [1.29, 1.82) is 0 Å². The number of rotatable bonds is 6. The van der Waals surface area contributed by atoms with E-state index in [0.29, 0.717) is 11.5 Å². The Labute approximate surface area is 125 Å². The molecule has 2 aromatic rings. The van der Waals surface area contributed by atoms with Crippen molar-refractivity contribution in [3.05, 3.63) is 30.2 Å². The molecule has 0 aliphatic carbocycles. The van der Waals surface area contributed by atoms with Gasteiger partial charge in [-0.2, -0.15) is 4.52 Å². The fraction of sp³-hybridized carbons (Fsp3) is 0.308. The van der Waals surface area contributed by atoms with Crippen molar-refractivity contribution in [3.8, 4) is 0 Å². The molecule has 116 valence electrons. The molecule has 0 aliphatic rings. The van der Waals surface area contributed by atoms with Crippen LogP contribution in [-0.2, 0) is 19.1 Å². The van der Waals surface area contributed by atoms with E-state index in [1.54, 1.807) is 26.0 Å². The molecule has 2 aromatic heterocycles. The second-order valence-electron chi connectivity index (χ2n) is 4.01. The number of nitrogens with zero attached hydrogens (tertiary/aromatic N) is 4. The van der Waals surface area contributed by atoms with Crippen molar-refractivity contribution in [3.63, 3.8) is 0 Å². The van der Waals surface area contributed by atoms with E-state index in [1.807, 2.05) is 0 Å². The molecule has 0 unspecified atom stereocenters. The van der Waals surface area contributed by atoms with Crippen molar-refractivity contribution in [2.45, 2.75) is 13.8 Å². The average molecular weight is 305 g/mol. The Morgan fingerprint density at radius 1 is 1.27 bits per heavy atom. The highest BCUT2D eigenvalue weighted by molar-refractivity contribution is 5.98. The molecule has 0 radical (unpaired) electrons. The Morgan fingerprint density at radius 2 is 2.05 bits per heavy atom. The van der Waals surface area contributed by atoms with E-state index in [4.69, 9.17) is 9.47 Å². The maximum Gasteiger partial charge on any atom is 0.355 e. The average Bonchev–Trinajstić information content (AvgIpc) is 2.94. The number of fused-ring (bicyclic) bond motifs is 1. The van der Waals surface area contributed by atoms with Crippen molar-refractivity contribution >= 4 is 23.4 Å². The molecule has 9 nitrogen and oxygen atoms in total. The number of esters is 2. The smallest absolute Gasteiger partial charge is 0.355 e. The largest absolute Gasteiger partial charge is 0.463 e. The summed E-state index contributed by atoms with van der Waals surface area (Å²) in [5.41, 5.74) is 0.484. The van der Waals surface area contributed by atoms with Gasteiger partial charge in [0.15, 0.2) is 11.5 Å². The van der Waals surface area contributed by atoms with Crippen LogP contribution in [0.5, 0.6) is 0 Å². The maximum atomic E-state index is 11.9. The van der Waals surface area contributed by atoms with Crippen LogP contribution in [0.2, 0.25) is 0 Å². The van der Waals surface area contributed by atoms with Gasteiger partial charge >= 0.3 is 11.9 Å². The minimum absolute atomic E-state index is 0.0692. The van der Waals surface area contributed by atoms with Crippen LogP contribution < -0.4 is 5.32 Å².